The number of anilines is 1. The van der Waals surface area contributed by atoms with Crippen LogP contribution >= 0.6 is 22.9 Å². The lowest BCUT2D eigenvalue weighted by Crippen LogP contribution is -2.45. The molecule has 1 N–H and O–H groups in total. The summed E-state index contributed by atoms with van der Waals surface area (Å²) in [5.41, 5.74) is 2.44. The molecule has 8 heteroatoms. The second-order valence-corrected chi connectivity index (χ2v) is 8.08. The van der Waals surface area contributed by atoms with Gasteiger partial charge in [0.25, 0.3) is 5.91 Å². The molecular formula is C18H20ClN5OS. The van der Waals surface area contributed by atoms with E-state index in [1.54, 1.807) is 23.1 Å². The fourth-order valence-electron chi connectivity index (χ4n) is 3.32. The van der Waals surface area contributed by atoms with Gasteiger partial charge in [-0.25, -0.2) is 4.98 Å². The Hall–Kier alpha value is -2.12. The summed E-state index contributed by atoms with van der Waals surface area (Å²) >= 11 is 7.73. The number of piperidine rings is 1. The lowest BCUT2D eigenvalue weighted by Gasteiger charge is -2.32. The second-order valence-electron chi connectivity index (χ2n) is 6.64. The quantitative estimate of drug-likeness (QED) is 0.745. The van der Waals surface area contributed by atoms with Gasteiger partial charge >= 0.3 is 0 Å². The molecule has 2 aromatic heterocycles. The minimum Gasteiger partial charge on any atom is -0.348 e. The molecule has 1 aliphatic rings. The maximum absolute atomic E-state index is 12.4. The number of hydrogen-bond acceptors (Lipinski definition) is 5. The van der Waals surface area contributed by atoms with Crippen LogP contribution in [0.15, 0.2) is 24.3 Å². The highest BCUT2D eigenvalue weighted by Gasteiger charge is 2.24. The van der Waals surface area contributed by atoms with Crippen LogP contribution < -0.4 is 10.2 Å². The van der Waals surface area contributed by atoms with Crippen LogP contribution in [0.3, 0.4) is 0 Å². The minimum atomic E-state index is -0.0545. The first-order chi connectivity index (χ1) is 12.5. The Morgan fingerprint density at radius 3 is 2.77 bits per heavy atom. The van der Waals surface area contributed by atoms with Crippen LogP contribution in [0.4, 0.5) is 5.13 Å². The summed E-state index contributed by atoms with van der Waals surface area (Å²) in [6.45, 7) is 3.65. The van der Waals surface area contributed by atoms with E-state index >= 15 is 0 Å². The van der Waals surface area contributed by atoms with Crippen LogP contribution in [0.5, 0.6) is 0 Å². The van der Waals surface area contributed by atoms with Crippen molar-refractivity contribution in [3.05, 3.63) is 40.7 Å². The van der Waals surface area contributed by atoms with Gasteiger partial charge in [-0.05, 0) is 44.0 Å². The van der Waals surface area contributed by atoms with E-state index in [0.717, 1.165) is 52.0 Å². The van der Waals surface area contributed by atoms with Crippen molar-refractivity contribution < 1.29 is 4.79 Å². The van der Waals surface area contributed by atoms with E-state index in [1.807, 2.05) is 31.2 Å². The number of rotatable bonds is 3. The molecule has 1 aliphatic heterocycles. The number of amides is 1. The largest absolute Gasteiger partial charge is 0.348 e. The van der Waals surface area contributed by atoms with Gasteiger partial charge in [0.2, 0.25) is 0 Å². The lowest BCUT2D eigenvalue weighted by atomic mass is 10.1. The van der Waals surface area contributed by atoms with E-state index in [4.69, 9.17) is 16.6 Å². The standard InChI is InChI=1S/C18H20ClN5OS/c1-11-9-15(23(2)22-11)17(25)20-13-5-7-24(8-6-13)18-21-14-4-3-12(19)10-16(14)26-18/h3-4,9-10,13H,5-8H2,1-2H3,(H,20,25). The third kappa shape index (κ3) is 3.41. The predicted octanol–water partition coefficient (Wildman–Crippen LogP) is 3.39. The average Bonchev–Trinajstić information content (AvgIpc) is 3.17. The number of aryl methyl sites for hydroxylation is 2. The number of thiazole rings is 1. The number of halogens is 1. The normalized spacial score (nSPS) is 15.6. The summed E-state index contributed by atoms with van der Waals surface area (Å²) in [4.78, 5) is 19.4. The highest BCUT2D eigenvalue weighted by molar-refractivity contribution is 7.22. The Morgan fingerprint density at radius 1 is 1.31 bits per heavy atom. The molecule has 6 nitrogen and oxygen atoms in total. The van der Waals surface area contributed by atoms with Crippen LogP contribution in [0, 0.1) is 6.92 Å². The van der Waals surface area contributed by atoms with Crippen molar-refractivity contribution in [2.24, 2.45) is 7.05 Å². The number of nitrogens with one attached hydrogen (secondary N) is 1. The Bertz CT molecular complexity index is 958. The summed E-state index contributed by atoms with van der Waals surface area (Å²) in [6, 6.07) is 7.78. The van der Waals surface area contributed by atoms with Gasteiger partial charge in [0.15, 0.2) is 5.13 Å². The zero-order valence-electron chi connectivity index (χ0n) is 14.7. The molecule has 0 radical (unpaired) electrons. The molecule has 0 aliphatic carbocycles. The van der Waals surface area contributed by atoms with Crippen molar-refractivity contribution in [3.8, 4) is 0 Å². The fraction of sp³-hybridized carbons (Fsp3) is 0.389. The van der Waals surface area contributed by atoms with Crippen LogP contribution in [0.25, 0.3) is 10.2 Å². The maximum Gasteiger partial charge on any atom is 0.269 e. The Labute approximate surface area is 160 Å². The van der Waals surface area contributed by atoms with Gasteiger partial charge in [0.05, 0.1) is 15.9 Å². The van der Waals surface area contributed by atoms with Crippen molar-refractivity contribution in [1.82, 2.24) is 20.1 Å². The molecule has 1 saturated heterocycles. The van der Waals surface area contributed by atoms with E-state index in [0.29, 0.717) is 5.69 Å². The van der Waals surface area contributed by atoms with Gasteiger partial charge in [-0.3, -0.25) is 9.48 Å². The molecule has 1 fully saturated rings. The smallest absolute Gasteiger partial charge is 0.269 e. The first-order valence-corrected chi connectivity index (χ1v) is 9.81. The molecular weight excluding hydrogens is 370 g/mol. The highest BCUT2D eigenvalue weighted by atomic mass is 35.5. The number of nitrogens with zero attached hydrogens (tertiary/aromatic N) is 4. The van der Waals surface area contributed by atoms with Crippen molar-refractivity contribution in [3.63, 3.8) is 0 Å². The summed E-state index contributed by atoms with van der Waals surface area (Å²) < 4.78 is 2.74. The zero-order valence-corrected chi connectivity index (χ0v) is 16.3. The van der Waals surface area contributed by atoms with Gasteiger partial charge < -0.3 is 10.2 Å². The Balaban J connectivity index is 1.39. The summed E-state index contributed by atoms with van der Waals surface area (Å²) in [7, 11) is 1.80. The highest BCUT2D eigenvalue weighted by Crippen LogP contribution is 2.32. The number of benzene rings is 1. The molecule has 136 valence electrons. The van der Waals surface area contributed by atoms with Crippen molar-refractivity contribution >= 4 is 44.2 Å². The summed E-state index contributed by atoms with van der Waals surface area (Å²) in [5.74, 6) is -0.0545. The second kappa shape index (κ2) is 6.89. The van der Waals surface area contributed by atoms with Crippen LogP contribution in [-0.2, 0) is 7.05 Å². The number of hydrogen-bond donors (Lipinski definition) is 1. The van der Waals surface area contributed by atoms with Gasteiger partial charge in [-0.2, -0.15) is 5.10 Å². The van der Waals surface area contributed by atoms with Crippen LogP contribution in [0.2, 0.25) is 5.02 Å². The summed E-state index contributed by atoms with van der Waals surface area (Å²) in [5, 5.41) is 9.13. The molecule has 0 spiro atoms. The van der Waals surface area contributed by atoms with E-state index in [9.17, 15) is 4.79 Å². The van der Waals surface area contributed by atoms with Crippen LogP contribution in [0.1, 0.15) is 29.0 Å². The van der Waals surface area contributed by atoms with E-state index in [1.165, 1.54) is 0 Å². The molecule has 1 amide bonds. The van der Waals surface area contributed by atoms with Crippen molar-refractivity contribution in [2.75, 3.05) is 18.0 Å². The monoisotopic (exact) mass is 389 g/mol. The summed E-state index contributed by atoms with van der Waals surface area (Å²) in [6.07, 6.45) is 1.80. The van der Waals surface area contributed by atoms with Crippen molar-refractivity contribution in [2.45, 2.75) is 25.8 Å². The predicted molar refractivity (Wildman–Crippen MR) is 105 cm³/mol. The SMILES string of the molecule is Cc1cc(C(=O)NC2CCN(c3nc4ccc(Cl)cc4s3)CC2)n(C)n1. The number of fused-ring (bicyclic) bond motifs is 1. The Kier molecular flexibility index (Phi) is 4.58. The molecule has 0 unspecified atom stereocenters. The molecule has 3 heterocycles. The van der Waals surface area contributed by atoms with E-state index in [2.05, 4.69) is 15.3 Å². The van der Waals surface area contributed by atoms with Gasteiger partial charge in [-0.1, -0.05) is 22.9 Å². The maximum atomic E-state index is 12.4. The molecule has 3 aromatic rings. The third-order valence-electron chi connectivity index (χ3n) is 4.67. The van der Waals surface area contributed by atoms with Crippen molar-refractivity contribution in [1.29, 1.82) is 0 Å². The number of carbonyl (C=O) groups is 1. The Morgan fingerprint density at radius 2 is 2.08 bits per heavy atom. The lowest BCUT2D eigenvalue weighted by molar-refractivity contribution is 0.0921. The van der Waals surface area contributed by atoms with Crippen LogP contribution in [-0.4, -0.2) is 39.8 Å². The first kappa shape index (κ1) is 17.3. The minimum absolute atomic E-state index is 0.0545. The van der Waals surface area contributed by atoms with E-state index in [-0.39, 0.29) is 11.9 Å². The molecule has 4 rings (SSSR count). The third-order valence-corrected chi connectivity index (χ3v) is 5.99. The molecule has 26 heavy (non-hydrogen) atoms. The molecule has 0 bridgehead atoms. The zero-order chi connectivity index (χ0) is 18.3. The van der Waals surface area contributed by atoms with Gasteiger partial charge in [-0.15, -0.1) is 0 Å². The van der Waals surface area contributed by atoms with E-state index < -0.39 is 0 Å². The average molecular weight is 390 g/mol. The topological polar surface area (TPSA) is 63.1 Å². The fourth-order valence-corrected chi connectivity index (χ4v) is 4.61. The first-order valence-electron chi connectivity index (χ1n) is 8.62. The number of aromatic nitrogens is 3. The number of carbonyl (C=O) groups excluding carboxylic acids is 1. The molecule has 0 atom stereocenters. The van der Waals surface area contributed by atoms with Gasteiger partial charge in [0.1, 0.15) is 5.69 Å². The molecule has 1 aromatic carbocycles. The van der Waals surface area contributed by atoms with Gasteiger partial charge in [0, 0.05) is 31.2 Å². The molecule has 0 saturated carbocycles.